The van der Waals surface area contributed by atoms with E-state index in [-0.39, 0.29) is 6.04 Å². The summed E-state index contributed by atoms with van der Waals surface area (Å²) in [5, 5.41) is 12.6. The van der Waals surface area contributed by atoms with Gasteiger partial charge in [0.1, 0.15) is 0 Å². The number of hydrogen-bond donors (Lipinski definition) is 2. The molecule has 21 heavy (non-hydrogen) atoms. The number of carboxylic acid groups (broad SMARTS) is 1. The van der Waals surface area contributed by atoms with Gasteiger partial charge in [0.15, 0.2) is 0 Å². The van der Waals surface area contributed by atoms with Crippen molar-refractivity contribution in [1.82, 2.24) is 0 Å². The molecule has 3 rings (SSSR count). The molecule has 0 fully saturated rings. The number of anilines is 1. The summed E-state index contributed by atoms with van der Waals surface area (Å²) in [7, 11) is 0. The molecule has 2 aromatic rings. The molecule has 2 aromatic carbocycles. The normalized spacial score (nSPS) is 17.1. The van der Waals surface area contributed by atoms with Gasteiger partial charge in [0.2, 0.25) is 0 Å². The van der Waals surface area contributed by atoms with E-state index in [2.05, 4.69) is 29.6 Å². The molecule has 0 saturated carbocycles. The van der Waals surface area contributed by atoms with E-state index in [9.17, 15) is 4.79 Å². The molecule has 3 nitrogen and oxygen atoms in total. The zero-order valence-electron chi connectivity index (χ0n) is 11.8. The number of hydrogen-bond acceptors (Lipinski definition) is 3. The van der Waals surface area contributed by atoms with E-state index in [1.165, 1.54) is 11.1 Å². The van der Waals surface area contributed by atoms with Crippen molar-refractivity contribution >= 4 is 23.4 Å². The maximum absolute atomic E-state index is 11.0. The van der Waals surface area contributed by atoms with E-state index in [0.29, 0.717) is 5.56 Å². The summed E-state index contributed by atoms with van der Waals surface area (Å²) in [4.78, 5) is 11.0. The molecule has 1 aliphatic rings. The average Bonchev–Trinajstić information content (AvgIpc) is 2.49. The molecule has 1 heterocycles. The van der Waals surface area contributed by atoms with Gasteiger partial charge >= 0.3 is 5.97 Å². The first-order chi connectivity index (χ1) is 10.1. The third kappa shape index (κ3) is 2.90. The van der Waals surface area contributed by atoms with Gasteiger partial charge < -0.3 is 10.4 Å². The van der Waals surface area contributed by atoms with Gasteiger partial charge in [0, 0.05) is 17.2 Å². The van der Waals surface area contributed by atoms with Gasteiger partial charge in [-0.3, -0.25) is 0 Å². The predicted molar refractivity (Wildman–Crippen MR) is 87.1 cm³/mol. The second-order valence-electron chi connectivity index (χ2n) is 5.25. The summed E-state index contributed by atoms with van der Waals surface area (Å²) < 4.78 is 0. The zero-order chi connectivity index (χ0) is 14.8. The molecule has 2 N–H and O–H groups in total. The van der Waals surface area contributed by atoms with Gasteiger partial charge in [-0.25, -0.2) is 4.79 Å². The lowest BCUT2D eigenvalue weighted by molar-refractivity contribution is 0.0697. The van der Waals surface area contributed by atoms with Crippen molar-refractivity contribution in [3.8, 4) is 0 Å². The van der Waals surface area contributed by atoms with Gasteiger partial charge in [-0.05, 0) is 41.8 Å². The van der Waals surface area contributed by atoms with E-state index < -0.39 is 5.97 Å². The topological polar surface area (TPSA) is 49.3 Å². The summed E-state index contributed by atoms with van der Waals surface area (Å²) in [6.07, 6.45) is 0. The van der Waals surface area contributed by atoms with Crippen LogP contribution in [0.1, 0.15) is 33.1 Å². The summed E-state index contributed by atoms with van der Waals surface area (Å²) in [5.74, 6) is 1.20. The first kappa shape index (κ1) is 14.0. The fourth-order valence-corrected chi connectivity index (χ4v) is 3.75. The Bertz CT molecular complexity index is 684. The molecule has 1 atom stereocenters. The fraction of sp³-hybridized carbons (Fsp3) is 0.235. The van der Waals surface area contributed by atoms with E-state index >= 15 is 0 Å². The largest absolute Gasteiger partial charge is 0.478 e. The summed E-state index contributed by atoms with van der Waals surface area (Å²) >= 11 is 1.92. The second kappa shape index (κ2) is 5.82. The molecule has 0 radical (unpaired) electrons. The molecule has 4 heteroatoms. The van der Waals surface area contributed by atoms with Crippen LogP contribution in [0.3, 0.4) is 0 Å². The number of thioether (sulfide) groups is 1. The molecule has 0 aliphatic carbocycles. The lowest BCUT2D eigenvalue weighted by atomic mass is 10.0. The number of carbonyl (C=O) groups is 1. The Morgan fingerprint density at radius 2 is 2.10 bits per heavy atom. The lowest BCUT2D eigenvalue weighted by Gasteiger charge is -2.27. The van der Waals surface area contributed by atoms with Crippen LogP contribution in [0.2, 0.25) is 0 Å². The van der Waals surface area contributed by atoms with Gasteiger partial charge in [0.05, 0.1) is 11.6 Å². The minimum atomic E-state index is -0.886. The molecular weight excluding hydrogens is 282 g/mol. The van der Waals surface area contributed by atoms with E-state index in [1.54, 1.807) is 12.1 Å². The third-order valence-corrected chi connectivity index (χ3v) is 4.86. The smallest absolute Gasteiger partial charge is 0.335 e. The van der Waals surface area contributed by atoms with Crippen LogP contribution in [0.5, 0.6) is 0 Å². The van der Waals surface area contributed by atoms with Crippen molar-refractivity contribution in [3.05, 3.63) is 64.7 Å². The standard InChI is InChI=1S/C17H17NO2S/c1-11-8-12(17(19)20)6-7-15(11)18-16-10-21-9-13-4-2-3-5-14(13)16/h2-8,16,18H,9-10H2,1H3,(H,19,20). The SMILES string of the molecule is Cc1cc(C(=O)O)ccc1NC1CSCc2ccccc21. The Morgan fingerprint density at radius 3 is 2.86 bits per heavy atom. The van der Waals surface area contributed by atoms with Crippen molar-refractivity contribution in [1.29, 1.82) is 0 Å². The maximum Gasteiger partial charge on any atom is 0.335 e. The van der Waals surface area contributed by atoms with Crippen LogP contribution < -0.4 is 5.32 Å². The molecular formula is C17H17NO2S. The van der Waals surface area contributed by atoms with E-state index in [4.69, 9.17) is 5.11 Å². The number of aromatic carboxylic acids is 1. The van der Waals surface area contributed by atoms with Gasteiger partial charge in [0.25, 0.3) is 0 Å². The third-order valence-electron chi connectivity index (χ3n) is 3.78. The quantitative estimate of drug-likeness (QED) is 0.896. The van der Waals surface area contributed by atoms with Crippen LogP contribution in [-0.4, -0.2) is 16.8 Å². The molecule has 0 aromatic heterocycles. The maximum atomic E-state index is 11.0. The first-order valence-electron chi connectivity index (χ1n) is 6.91. The number of carboxylic acids is 1. The van der Waals surface area contributed by atoms with Gasteiger partial charge in [-0.15, -0.1) is 0 Å². The molecule has 0 saturated heterocycles. The highest BCUT2D eigenvalue weighted by Gasteiger charge is 2.20. The van der Waals surface area contributed by atoms with Crippen LogP contribution in [0.4, 0.5) is 5.69 Å². The number of fused-ring (bicyclic) bond motifs is 1. The Kier molecular flexibility index (Phi) is 3.88. The number of benzene rings is 2. The summed E-state index contributed by atoms with van der Waals surface area (Å²) in [6, 6.07) is 14.0. The highest BCUT2D eigenvalue weighted by atomic mass is 32.2. The minimum absolute atomic E-state index is 0.273. The van der Waals surface area contributed by atoms with Crippen molar-refractivity contribution in [2.45, 2.75) is 18.7 Å². The number of nitrogens with one attached hydrogen (secondary N) is 1. The van der Waals surface area contributed by atoms with Crippen LogP contribution in [0.15, 0.2) is 42.5 Å². The van der Waals surface area contributed by atoms with Gasteiger partial charge in [-0.1, -0.05) is 24.3 Å². The Morgan fingerprint density at radius 1 is 1.29 bits per heavy atom. The Hall–Kier alpha value is -1.94. The fourth-order valence-electron chi connectivity index (χ4n) is 2.65. The van der Waals surface area contributed by atoms with Crippen LogP contribution in [-0.2, 0) is 5.75 Å². The highest BCUT2D eigenvalue weighted by Crippen LogP contribution is 2.34. The Balaban J connectivity index is 1.86. The lowest BCUT2D eigenvalue weighted by Crippen LogP contribution is -2.19. The minimum Gasteiger partial charge on any atom is -0.478 e. The summed E-state index contributed by atoms with van der Waals surface area (Å²) in [5.41, 5.74) is 5.02. The van der Waals surface area contributed by atoms with E-state index in [1.807, 2.05) is 24.8 Å². The molecule has 0 spiro atoms. The van der Waals surface area contributed by atoms with Gasteiger partial charge in [-0.2, -0.15) is 11.8 Å². The molecule has 0 amide bonds. The monoisotopic (exact) mass is 299 g/mol. The predicted octanol–water partition coefficient (Wildman–Crippen LogP) is 4.09. The average molecular weight is 299 g/mol. The van der Waals surface area contributed by atoms with E-state index in [0.717, 1.165) is 22.8 Å². The van der Waals surface area contributed by atoms with Crippen molar-refractivity contribution < 1.29 is 9.90 Å². The van der Waals surface area contributed by atoms with Crippen LogP contribution >= 0.6 is 11.8 Å². The first-order valence-corrected chi connectivity index (χ1v) is 8.06. The number of aryl methyl sites for hydroxylation is 1. The van der Waals surface area contributed by atoms with Crippen molar-refractivity contribution in [3.63, 3.8) is 0 Å². The summed E-state index contributed by atoms with van der Waals surface area (Å²) in [6.45, 7) is 1.94. The van der Waals surface area contributed by atoms with Crippen molar-refractivity contribution in [2.24, 2.45) is 0 Å². The number of rotatable bonds is 3. The van der Waals surface area contributed by atoms with Crippen LogP contribution in [0, 0.1) is 6.92 Å². The molecule has 1 aliphatic heterocycles. The highest BCUT2D eigenvalue weighted by molar-refractivity contribution is 7.98. The molecule has 0 bridgehead atoms. The zero-order valence-corrected chi connectivity index (χ0v) is 12.6. The second-order valence-corrected chi connectivity index (χ2v) is 6.28. The van der Waals surface area contributed by atoms with Crippen LogP contribution in [0.25, 0.3) is 0 Å². The molecule has 108 valence electrons. The Labute approximate surface area is 128 Å². The molecule has 1 unspecified atom stereocenters. The van der Waals surface area contributed by atoms with Crippen molar-refractivity contribution in [2.75, 3.05) is 11.1 Å².